The number of phenols is 2. The van der Waals surface area contributed by atoms with Gasteiger partial charge in [0.1, 0.15) is 11.5 Å². The molecule has 1 aliphatic carbocycles. The van der Waals surface area contributed by atoms with E-state index in [-0.39, 0.29) is 17.5 Å². The van der Waals surface area contributed by atoms with Crippen LogP contribution in [-0.4, -0.2) is 16.3 Å². The summed E-state index contributed by atoms with van der Waals surface area (Å²) in [7, 11) is 0. The molecule has 3 N–H and O–H groups in total. The van der Waals surface area contributed by atoms with Crippen LogP contribution < -0.4 is 5.32 Å². The predicted molar refractivity (Wildman–Crippen MR) is 77.4 cm³/mol. The van der Waals surface area contributed by atoms with Crippen LogP contribution in [-0.2, 0) is 0 Å². The Morgan fingerprint density at radius 3 is 2.16 bits per heavy atom. The number of aromatic hydroxyl groups is 2. The molecule has 1 aromatic rings. The van der Waals surface area contributed by atoms with Gasteiger partial charge in [0.15, 0.2) is 0 Å². The van der Waals surface area contributed by atoms with Crippen molar-refractivity contribution in [2.24, 2.45) is 5.92 Å². The Labute approximate surface area is 115 Å². The van der Waals surface area contributed by atoms with Gasteiger partial charge in [-0.25, -0.2) is 0 Å². The highest BCUT2D eigenvalue weighted by atomic mass is 16.3. The number of phenolic OH excluding ortho intramolecular Hbond substituents is 2. The van der Waals surface area contributed by atoms with Gasteiger partial charge in [-0.05, 0) is 50.3 Å². The van der Waals surface area contributed by atoms with Crippen LogP contribution in [0.2, 0.25) is 0 Å². The summed E-state index contributed by atoms with van der Waals surface area (Å²) >= 11 is 0. The van der Waals surface area contributed by atoms with Crippen molar-refractivity contribution >= 4 is 0 Å². The predicted octanol–water partition coefficient (Wildman–Crippen LogP) is 3.72. The first-order valence-corrected chi connectivity index (χ1v) is 7.35. The molecular formula is C16H25NO2. The Balaban J connectivity index is 1.97. The second-order valence-electron chi connectivity index (χ2n) is 5.86. The van der Waals surface area contributed by atoms with Gasteiger partial charge in [0.2, 0.25) is 0 Å². The lowest BCUT2D eigenvalue weighted by atomic mass is 9.84. The molecule has 1 saturated carbocycles. The van der Waals surface area contributed by atoms with Crippen LogP contribution >= 0.6 is 0 Å². The maximum absolute atomic E-state index is 9.54. The van der Waals surface area contributed by atoms with Crippen LogP contribution in [0.15, 0.2) is 18.2 Å². The number of benzene rings is 1. The SMILES string of the molecule is CC(NC(C)C1CCCCC1)c1cc(O)cc(O)c1. The first-order valence-electron chi connectivity index (χ1n) is 7.35. The fraction of sp³-hybridized carbons (Fsp3) is 0.625. The maximum Gasteiger partial charge on any atom is 0.119 e. The van der Waals surface area contributed by atoms with Gasteiger partial charge in [-0.3, -0.25) is 0 Å². The highest BCUT2D eigenvalue weighted by Crippen LogP contribution is 2.29. The lowest BCUT2D eigenvalue weighted by molar-refractivity contribution is 0.268. The van der Waals surface area contributed by atoms with Gasteiger partial charge in [-0.2, -0.15) is 0 Å². The second-order valence-corrected chi connectivity index (χ2v) is 5.86. The van der Waals surface area contributed by atoms with Crippen LogP contribution in [0.1, 0.15) is 57.6 Å². The zero-order valence-corrected chi connectivity index (χ0v) is 11.9. The van der Waals surface area contributed by atoms with Crippen LogP contribution in [0, 0.1) is 5.92 Å². The van der Waals surface area contributed by atoms with E-state index >= 15 is 0 Å². The van der Waals surface area contributed by atoms with E-state index < -0.39 is 0 Å². The normalized spacial score (nSPS) is 20.1. The molecule has 19 heavy (non-hydrogen) atoms. The van der Waals surface area contributed by atoms with Crippen LogP contribution in [0.3, 0.4) is 0 Å². The first kappa shape index (κ1) is 14.2. The molecule has 0 aliphatic heterocycles. The molecule has 0 heterocycles. The van der Waals surface area contributed by atoms with Gasteiger partial charge in [0.25, 0.3) is 0 Å². The molecule has 0 bridgehead atoms. The Morgan fingerprint density at radius 1 is 1.00 bits per heavy atom. The summed E-state index contributed by atoms with van der Waals surface area (Å²) in [6.07, 6.45) is 6.69. The van der Waals surface area contributed by atoms with E-state index in [1.807, 2.05) is 0 Å². The maximum atomic E-state index is 9.54. The van der Waals surface area contributed by atoms with E-state index in [9.17, 15) is 10.2 Å². The summed E-state index contributed by atoms with van der Waals surface area (Å²) in [4.78, 5) is 0. The van der Waals surface area contributed by atoms with Gasteiger partial charge < -0.3 is 15.5 Å². The monoisotopic (exact) mass is 263 g/mol. The molecule has 2 rings (SSSR count). The van der Waals surface area contributed by atoms with Crippen molar-refractivity contribution in [2.45, 2.75) is 58.0 Å². The third-order valence-electron chi connectivity index (χ3n) is 4.29. The average molecular weight is 263 g/mol. The smallest absolute Gasteiger partial charge is 0.119 e. The molecule has 0 spiro atoms. The van der Waals surface area contributed by atoms with Crippen LogP contribution in [0.25, 0.3) is 0 Å². The molecule has 0 aromatic heterocycles. The fourth-order valence-corrected chi connectivity index (χ4v) is 3.13. The van der Waals surface area contributed by atoms with Gasteiger partial charge in [-0.15, -0.1) is 0 Å². The van der Waals surface area contributed by atoms with E-state index in [1.165, 1.54) is 38.2 Å². The number of hydrogen-bond donors (Lipinski definition) is 3. The van der Waals surface area contributed by atoms with Crippen molar-refractivity contribution in [3.05, 3.63) is 23.8 Å². The summed E-state index contributed by atoms with van der Waals surface area (Å²) in [5, 5.41) is 22.7. The molecule has 3 heteroatoms. The van der Waals surface area contributed by atoms with E-state index in [2.05, 4.69) is 19.2 Å². The lowest BCUT2D eigenvalue weighted by Gasteiger charge is -2.31. The lowest BCUT2D eigenvalue weighted by Crippen LogP contribution is -2.36. The van der Waals surface area contributed by atoms with Crippen LogP contribution in [0.4, 0.5) is 0 Å². The molecule has 1 fully saturated rings. The molecule has 2 unspecified atom stereocenters. The van der Waals surface area contributed by atoms with Crippen molar-refractivity contribution in [3.63, 3.8) is 0 Å². The van der Waals surface area contributed by atoms with Crippen molar-refractivity contribution in [2.75, 3.05) is 0 Å². The van der Waals surface area contributed by atoms with Crippen molar-refractivity contribution in [1.29, 1.82) is 0 Å². The second kappa shape index (κ2) is 6.29. The Hall–Kier alpha value is -1.22. The third-order valence-corrected chi connectivity index (χ3v) is 4.29. The number of hydrogen-bond acceptors (Lipinski definition) is 3. The Kier molecular flexibility index (Phi) is 4.70. The highest BCUT2D eigenvalue weighted by molar-refractivity contribution is 5.37. The minimum Gasteiger partial charge on any atom is -0.508 e. The first-order chi connectivity index (χ1) is 9.06. The Bertz CT molecular complexity index is 393. The van der Waals surface area contributed by atoms with E-state index in [4.69, 9.17) is 0 Å². The zero-order valence-electron chi connectivity index (χ0n) is 11.9. The summed E-state index contributed by atoms with van der Waals surface area (Å²) in [6, 6.07) is 5.39. The van der Waals surface area contributed by atoms with E-state index in [1.54, 1.807) is 12.1 Å². The average Bonchev–Trinajstić information content (AvgIpc) is 2.38. The summed E-state index contributed by atoms with van der Waals surface area (Å²) in [5.41, 5.74) is 0.931. The van der Waals surface area contributed by atoms with Gasteiger partial charge in [-0.1, -0.05) is 19.3 Å². The largest absolute Gasteiger partial charge is 0.508 e. The van der Waals surface area contributed by atoms with Gasteiger partial charge >= 0.3 is 0 Å². The molecule has 3 nitrogen and oxygen atoms in total. The summed E-state index contributed by atoms with van der Waals surface area (Å²) in [6.45, 7) is 4.32. The van der Waals surface area contributed by atoms with Crippen molar-refractivity contribution < 1.29 is 10.2 Å². The summed E-state index contributed by atoms with van der Waals surface area (Å²) < 4.78 is 0. The molecule has 0 amide bonds. The topological polar surface area (TPSA) is 52.5 Å². The standard InChI is InChI=1S/C16H25NO2/c1-11(13-6-4-3-5-7-13)17-12(2)14-8-15(18)10-16(19)9-14/h8-13,17-19H,3-7H2,1-2H3. The quantitative estimate of drug-likeness (QED) is 0.776. The molecule has 2 atom stereocenters. The molecular weight excluding hydrogens is 238 g/mol. The summed E-state index contributed by atoms with van der Waals surface area (Å²) in [5.74, 6) is 0.991. The van der Waals surface area contributed by atoms with E-state index in [0.29, 0.717) is 6.04 Å². The molecule has 1 aromatic carbocycles. The van der Waals surface area contributed by atoms with Crippen LogP contribution in [0.5, 0.6) is 11.5 Å². The third kappa shape index (κ3) is 3.87. The molecule has 106 valence electrons. The van der Waals surface area contributed by atoms with E-state index in [0.717, 1.165) is 11.5 Å². The number of rotatable bonds is 4. The molecule has 0 radical (unpaired) electrons. The minimum atomic E-state index is 0.119. The number of nitrogens with one attached hydrogen (secondary N) is 1. The zero-order chi connectivity index (χ0) is 13.8. The fourth-order valence-electron chi connectivity index (χ4n) is 3.13. The van der Waals surface area contributed by atoms with Crippen molar-refractivity contribution in [3.8, 4) is 11.5 Å². The van der Waals surface area contributed by atoms with Crippen molar-refractivity contribution in [1.82, 2.24) is 5.32 Å². The minimum absolute atomic E-state index is 0.119. The Morgan fingerprint density at radius 2 is 1.58 bits per heavy atom. The van der Waals surface area contributed by atoms with Gasteiger partial charge in [0, 0.05) is 18.2 Å². The molecule has 0 saturated heterocycles. The molecule has 1 aliphatic rings. The highest BCUT2D eigenvalue weighted by Gasteiger charge is 2.21. The van der Waals surface area contributed by atoms with Gasteiger partial charge in [0.05, 0.1) is 0 Å².